The predicted octanol–water partition coefficient (Wildman–Crippen LogP) is 2.31. The topological polar surface area (TPSA) is 55.9 Å². The van der Waals surface area contributed by atoms with Crippen molar-refractivity contribution in [1.29, 1.82) is 0 Å². The van der Waals surface area contributed by atoms with E-state index in [0.717, 1.165) is 17.5 Å². The van der Waals surface area contributed by atoms with Crippen LogP contribution in [0.1, 0.15) is 50.5 Å². The van der Waals surface area contributed by atoms with E-state index in [2.05, 4.69) is 30.4 Å². The molecule has 3 unspecified atom stereocenters. The van der Waals surface area contributed by atoms with Gasteiger partial charge in [0.15, 0.2) is 0 Å². The van der Waals surface area contributed by atoms with Crippen LogP contribution in [0.2, 0.25) is 0 Å². The van der Waals surface area contributed by atoms with Gasteiger partial charge in [-0.15, -0.1) is 0 Å². The fourth-order valence-corrected chi connectivity index (χ4v) is 3.67. The Bertz CT molecular complexity index is 388. The first-order valence-corrected chi connectivity index (χ1v) is 6.98. The smallest absolute Gasteiger partial charge is 0.0657 e. The Hall–Kier alpha value is -0.870. The zero-order valence-corrected chi connectivity index (χ0v) is 12.0. The van der Waals surface area contributed by atoms with Gasteiger partial charge >= 0.3 is 0 Å². The van der Waals surface area contributed by atoms with Crippen molar-refractivity contribution in [3.05, 3.63) is 17.5 Å². The summed E-state index contributed by atoms with van der Waals surface area (Å²) in [6.45, 7) is 6.73. The summed E-state index contributed by atoms with van der Waals surface area (Å²) < 4.78 is 1.96. The van der Waals surface area contributed by atoms with Gasteiger partial charge in [-0.05, 0) is 50.0 Å². The van der Waals surface area contributed by atoms with Gasteiger partial charge in [0.25, 0.3) is 0 Å². The molecule has 18 heavy (non-hydrogen) atoms. The molecule has 0 spiro atoms. The molecule has 1 aliphatic carbocycles. The van der Waals surface area contributed by atoms with Crippen LogP contribution in [0.4, 0.5) is 0 Å². The fraction of sp³-hybridized carbons (Fsp3) is 0.786. The molecule has 2 rings (SSSR count). The van der Waals surface area contributed by atoms with Crippen LogP contribution < -0.4 is 11.3 Å². The van der Waals surface area contributed by atoms with Crippen molar-refractivity contribution >= 4 is 0 Å². The molecule has 0 bridgehead atoms. The summed E-state index contributed by atoms with van der Waals surface area (Å²) in [4.78, 5) is 0. The maximum Gasteiger partial charge on any atom is 0.0657 e. The second-order valence-electron chi connectivity index (χ2n) is 6.16. The number of aromatic nitrogens is 2. The molecule has 0 amide bonds. The lowest BCUT2D eigenvalue weighted by atomic mass is 9.73. The van der Waals surface area contributed by atoms with Crippen LogP contribution in [0, 0.1) is 24.7 Å². The van der Waals surface area contributed by atoms with E-state index in [4.69, 9.17) is 5.84 Å². The Morgan fingerprint density at radius 2 is 1.94 bits per heavy atom. The van der Waals surface area contributed by atoms with Gasteiger partial charge in [0.1, 0.15) is 0 Å². The van der Waals surface area contributed by atoms with Gasteiger partial charge in [0.05, 0.1) is 17.4 Å². The lowest BCUT2D eigenvalue weighted by Crippen LogP contribution is -2.38. The molecule has 1 heterocycles. The molecule has 0 saturated heterocycles. The Balaban J connectivity index is 2.20. The third-order valence-electron chi connectivity index (χ3n) is 4.22. The normalized spacial score (nSPS) is 30.4. The molecule has 1 fully saturated rings. The van der Waals surface area contributed by atoms with Crippen LogP contribution in [0.15, 0.2) is 6.07 Å². The van der Waals surface area contributed by atoms with E-state index < -0.39 is 0 Å². The van der Waals surface area contributed by atoms with Gasteiger partial charge in [-0.2, -0.15) is 5.10 Å². The summed E-state index contributed by atoms with van der Waals surface area (Å²) in [6, 6.07) is 2.37. The maximum atomic E-state index is 5.81. The third-order valence-corrected chi connectivity index (χ3v) is 4.22. The third kappa shape index (κ3) is 2.75. The van der Waals surface area contributed by atoms with Crippen molar-refractivity contribution in [1.82, 2.24) is 15.2 Å². The Morgan fingerprint density at radius 1 is 1.33 bits per heavy atom. The molecule has 1 saturated carbocycles. The summed E-state index contributed by atoms with van der Waals surface area (Å²) in [7, 11) is 2.00. The molecule has 0 radical (unpaired) electrons. The first-order valence-electron chi connectivity index (χ1n) is 6.98. The molecule has 102 valence electrons. The van der Waals surface area contributed by atoms with E-state index in [1.54, 1.807) is 0 Å². The summed E-state index contributed by atoms with van der Waals surface area (Å²) in [6.07, 6.45) is 3.85. The quantitative estimate of drug-likeness (QED) is 0.639. The van der Waals surface area contributed by atoms with Crippen LogP contribution in [0.5, 0.6) is 0 Å². The standard InChI is InChI=1S/C14H26N4/c1-9-5-10(2)7-12(6-9)14(16-15)13-8-11(3)17-18(13)4/h8-10,12,14,16H,5-7,15H2,1-4H3. The van der Waals surface area contributed by atoms with E-state index in [1.807, 2.05) is 18.7 Å². The lowest BCUT2D eigenvalue weighted by molar-refractivity contribution is 0.173. The SMILES string of the molecule is Cc1cc(C(NN)C2CC(C)CC(C)C2)n(C)n1. The minimum Gasteiger partial charge on any atom is -0.271 e. The number of hydrogen-bond acceptors (Lipinski definition) is 3. The first-order chi connectivity index (χ1) is 8.51. The number of aryl methyl sites for hydroxylation is 2. The van der Waals surface area contributed by atoms with Gasteiger partial charge in [-0.1, -0.05) is 13.8 Å². The highest BCUT2D eigenvalue weighted by molar-refractivity contribution is 5.14. The zero-order chi connectivity index (χ0) is 13.3. The highest BCUT2D eigenvalue weighted by Gasteiger charge is 2.31. The summed E-state index contributed by atoms with van der Waals surface area (Å²) in [5.74, 6) is 8.02. The van der Waals surface area contributed by atoms with Crippen molar-refractivity contribution in [3.63, 3.8) is 0 Å². The van der Waals surface area contributed by atoms with E-state index >= 15 is 0 Å². The number of nitrogens with zero attached hydrogens (tertiary/aromatic N) is 2. The summed E-state index contributed by atoms with van der Waals surface area (Å²) >= 11 is 0. The van der Waals surface area contributed by atoms with Crippen molar-refractivity contribution in [3.8, 4) is 0 Å². The maximum absolute atomic E-state index is 5.81. The monoisotopic (exact) mass is 250 g/mol. The highest BCUT2D eigenvalue weighted by atomic mass is 15.3. The van der Waals surface area contributed by atoms with Crippen molar-refractivity contribution in [2.45, 2.75) is 46.1 Å². The van der Waals surface area contributed by atoms with Crippen LogP contribution in [-0.2, 0) is 7.05 Å². The first kappa shape index (κ1) is 13.6. The Morgan fingerprint density at radius 3 is 2.39 bits per heavy atom. The molecule has 4 heteroatoms. The summed E-state index contributed by atoms with van der Waals surface area (Å²) in [5.41, 5.74) is 5.29. The largest absolute Gasteiger partial charge is 0.271 e. The number of nitrogens with one attached hydrogen (secondary N) is 1. The second-order valence-corrected chi connectivity index (χ2v) is 6.16. The molecule has 3 atom stereocenters. The van der Waals surface area contributed by atoms with Gasteiger partial charge in [0.2, 0.25) is 0 Å². The van der Waals surface area contributed by atoms with Gasteiger partial charge in [-0.3, -0.25) is 16.0 Å². The van der Waals surface area contributed by atoms with E-state index in [0.29, 0.717) is 5.92 Å². The highest BCUT2D eigenvalue weighted by Crippen LogP contribution is 2.39. The van der Waals surface area contributed by atoms with Crippen molar-refractivity contribution in [2.75, 3.05) is 0 Å². The Kier molecular flexibility index (Phi) is 4.07. The van der Waals surface area contributed by atoms with Gasteiger partial charge in [-0.25, -0.2) is 0 Å². The minimum absolute atomic E-state index is 0.224. The predicted molar refractivity (Wildman–Crippen MR) is 73.7 cm³/mol. The average molecular weight is 250 g/mol. The second kappa shape index (κ2) is 5.41. The molecule has 1 aromatic heterocycles. The van der Waals surface area contributed by atoms with Gasteiger partial charge < -0.3 is 0 Å². The fourth-order valence-electron chi connectivity index (χ4n) is 3.67. The van der Waals surface area contributed by atoms with Crippen molar-refractivity contribution < 1.29 is 0 Å². The van der Waals surface area contributed by atoms with Gasteiger partial charge in [0, 0.05) is 7.05 Å². The van der Waals surface area contributed by atoms with Crippen LogP contribution in [0.25, 0.3) is 0 Å². The molecule has 0 aromatic carbocycles. The molecule has 1 aromatic rings. The molecule has 3 N–H and O–H groups in total. The van der Waals surface area contributed by atoms with Crippen molar-refractivity contribution in [2.24, 2.45) is 30.6 Å². The van der Waals surface area contributed by atoms with Crippen LogP contribution in [0.3, 0.4) is 0 Å². The van der Waals surface area contributed by atoms with E-state index in [1.165, 1.54) is 25.0 Å². The number of rotatable bonds is 3. The molecule has 0 aliphatic heterocycles. The van der Waals surface area contributed by atoms with E-state index in [9.17, 15) is 0 Å². The number of hydrogen-bond donors (Lipinski definition) is 2. The van der Waals surface area contributed by atoms with Crippen LogP contribution >= 0.6 is 0 Å². The van der Waals surface area contributed by atoms with E-state index in [-0.39, 0.29) is 6.04 Å². The molecular formula is C14H26N4. The Labute approximate surface area is 110 Å². The summed E-state index contributed by atoms with van der Waals surface area (Å²) in [5, 5.41) is 4.43. The number of hydrazine groups is 1. The van der Waals surface area contributed by atoms with Crippen LogP contribution in [-0.4, -0.2) is 9.78 Å². The average Bonchev–Trinajstić information content (AvgIpc) is 2.58. The number of nitrogens with two attached hydrogens (primary N) is 1. The molecule has 4 nitrogen and oxygen atoms in total. The lowest BCUT2D eigenvalue weighted by Gasteiger charge is -2.36. The molecule has 1 aliphatic rings. The molecular weight excluding hydrogens is 224 g/mol. The minimum atomic E-state index is 0.224. The zero-order valence-electron chi connectivity index (χ0n) is 12.0.